The number of nitrogens with zero attached hydrogens (tertiary/aromatic N) is 2. The van der Waals surface area contributed by atoms with Gasteiger partial charge in [0.1, 0.15) is 0 Å². The zero-order valence-electron chi connectivity index (χ0n) is 7.53. The van der Waals surface area contributed by atoms with E-state index in [0.29, 0.717) is 19.0 Å². The van der Waals surface area contributed by atoms with E-state index >= 15 is 0 Å². The molecule has 0 fully saturated rings. The van der Waals surface area contributed by atoms with Gasteiger partial charge in [0.15, 0.2) is 5.96 Å². The number of nitrogens with two attached hydrogens (primary N) is 2. The van der Waals surface area contributed by atoms with Gasteiger partial charge in [-0.2, -0.15) is 4.99 Å². The number of hydrogen-bond donors (Lipinski definition) is 3. The maximum Gasteiger partial charge on any atom is 0.221 e. The minimum absolute atomic E-state index is 0.0284. The van der Waals surface area contributed by atoms with Crippen molar-refractivity contribution in [3.05, 3.63) is 25.3 Å². The summed E-state index contributed by atoms with van der Waals surface area (Å²) in [5.74, 6) is 0.360. The average molecular weight is 181 g/mol. The van der Waals surface area contributed by atoms with Crippen LogP contribution in [0.2, 0.25) is 0 Å². The van der Waals surface area contributed by atoms with Crippen molar-refractivity contribution in [1.82, 2.24) is 5.32 Å². The minimum atomic E-state index is -0.0284. The summed E-state index contributed by atoms with van der Waals surface area (Å²) in [5, 5.41) is 2.87. The molecule has 0 bridgehead atoms. The van der Waals surface area contributed by atoms with Gasteiger partial charge in [0.05, 0.1) is 6.54 Å². The lowest BCUT2D eigenvalue weighted by atomic mass is 10.6. The third-order valence-corrected chi connectivity index (χ3v) is 1.01. The lowest BCUT2D eigenvalue weighted by Gasteiger charge is -2.01. The van der Waals surface area contributed by atoms with Crippen LogP contribution in [0.25, 0.3) is 0 Å². The van der Waals surface area contributed by atoms with Gasteiger partial charge in [-0.1, -0.05) is 12.2 Å². The molecule has 0 aliphatic carbocycles. The highest BCUT2D eigenvalue weighted by Crippen LogP contribution is 1.79. The fourth-order valence-corrected chi connectivity index (χ4v) is 0.568. The van der Waals surface area contributed by atoms with Crippen molar-refractivity contribution in [3.8, 4) is 0 Å². The summed E-state index contributed by atoms with van der Waals surface area (Å²) in [6, 6.07) is 0. The van der Waals surface area contributed by atoms with E-state index < -0.39 is 0 Å². The molecule has 0 spiro atoms. The predicted octanol–water partition coefficient (Wildman–Crippen LogP) is -0.423. The average Bonchev–Trinajstić information content (AvgIpc) is 2.09. The van der Waals surface area contributed by atoms with Gasteiger partial charge in [0.2, 0.25) is 5.96 Å². The molecule has 0 aliphatic heterocycles. The van der Waals surface area contributed by atoms with Crippen LogP contribution >= 0.6 is 0 Å². The summed E-state index contributed by atoms with van der Waals surface area (Å²) in [5.41, 5.74) is 10.4. The highest BCUT2D eigenvalue weighted by molar-refractivity contribution is 5.93. The minimum Gasteiger partial charge on any atom is -0.370 e. The van der Waals surface area contributed by atoms with Gasteiger partial charge in [0, 0.05) is 6.54 Å². The van der Waals surface area contributed by atoms with Crippen LogP contribution in [-0.2, 0) is 0 Å². The van der Waals surface area contributed by atoms with Crippen molar-refractivity contribution in [2.24, 2.45) is 21.5 Å². The van der Waals surface area contributed by atoms with E-state index in [1.807, 2.05) is 0 Å². The van der Waals surface area contributed by atoms with E-state index in [1.165, 1.54) is 0 Å². The highest BCUT2D eigenvalue weighted by atomic mass is 15.2. The van der Waals surface area contributed by atoms with Gasteiger partial charge >= 0.3 is 0 Å². The Morgan fingerprint density at radius 2 is 2.00 bits per heavy atom. The van der Waals surface area contributed by atoms with Crippen LogP contribution in [-0.4, -0.2) is 25.0 Å². The second-order valence-electron chi connectivity index (χ2n) is 2.16. The zero-order chi connectivity index (χ0) is 10.1. The molecule has 5 heteroatoms. The maximum atomic E-state index is 5.19. The van der Waals surface area contributed by atoms with Crippen molar-refractivity contribution in [1.29, 1.82) is 0 Å². The first-order valence-corrected chi connectivity index (χ1v) is 3.80. The van der Waals surface area contributed by atoms with Gasteiger partial charge in [-0.3, -0.25) is 0 Å². The molecule has 0 heterocycles. The highest BCUT2D eigenvalue weighted by Gasteiger charge is 1.92. The Hall–Kier alpha value is -1.78. The van der Waals surface area contributed by atoms with Gasteiger partial charge in [-0.05, 0) is 0 Å². The summed E-state index contributed by atoms with van der Waals surface area (Å²) >= 11 is 0. The third kappa shape index (κ3) is 6.61. The summed E-state index contributed by atoms with van der Waals surface area (Å²) in [4.78, 5) is 7.78. The molecule has 0 radical (unpaired) electrons. The topological polar surface area (TPSA) is 88.8 Å². The SMILES string of the molecule is C=CCN=C(N=C(N)N)NCC=C. The Kier molecular flexibility index (Phi) is 5.96. The van der Waals surface area contributed by atoms with Crippen molar-refractivity contribution in [3.63, 3.8) is 0 Å². The Morgan fingerprint density at radius 1 is 1.31 bits per heavy atom. The summed E-state index contributed by atoms with van der Waals surface area (Å²) in [7, 11) is 0. The first-order chi connectivity index (χ1) is 6.20. The van der Waals surface area contributed by atoms with Gasteiger partial charge < -0.3 is 16.8 Å². The Labute approximate surface area is 77.9 Å². The molecule has 5 N–H and O–H groups in total. The smallest absolute Gasteiger partial charge is 0.221 e. The quantitative estimate of drug-likeness (QED) is 0.312. The second kappa shape index (κ2) is 6.90. The first-order valence-electron chi connectivity index (χ1n) is 3.80. The molecular weight excluding hydrogens is 166 g/mol. The molecule has 0 unspecified atom stereocenters. The molecular formula is C8H15N5. The second-order valence-corrected chi connectivity index (χ2v) is 2.16. The maximum absolute atomic E-state index is 5.19. The van der Waals surface area contributed by atoms with Crippen molar-refractivity contribution in [2.75, 3.05) is 13.1 Å². The molecule has 0 amide bonds. The summed E-state index contributed by atoms with van der Waals surface area (Å²) < 4.78 is 0. The lowest BCUT2D eigenvalue weighted by Crippen LogP contribution is -2.29. The van der Waals surface area contributed by atoms with Crippen LogP contribution in [0, 0.1) is 0 Å². The van der Waals surface area contributed by atoms with Crippen LogP contribution in [0.5, 0.6) is 0 Å². The summed E-state index contributed by atoms with van der Waals surface area (Å²) in [6.07, 6.45) is 3.34. The number of rotatable bonds is 4. The Morgan fingerprint density at radius 3 is 2.46 bits per heavy atom. The standard InChI is InChI=1S/C8H15N5/c1-3-5-11-8(12-6-4-2)13-7(9)10/h3-4H,1-2,5-6H2,(H5,9,10,11,12,13). The van der Waals surface area contributed by atoms with E-state index in [2.05, 4.69) is 28.5 Å². The predicted molar refractivity (Wildman–Crippen MR) is 56.5 cm³/mol. The molecule has 72 valence electrons. The lowest BCUT2D eigenvalue weighted by molar-refractivity contribution is 1.00. The Balaban J connectivity index is 4.26. The first kappa shape index (κ1) is 11.2. The molecule has 0 saturated carbocycles. The molecule has 0 aromatic carbocycles. The monoisotopic (exact) mass is 181 g/mol. The molecule has 13 heavy (non-hydrogen) atoms. The third-order valence-electron chi connectivity index (χ3n) is 1.01. The summed E-state index contributed by atoms with van der Waals surface area (Å²) in [6.45, 7) is 8.10. The molecule has 0 aromatic heterocycles. The molecule has 0 aromatic rings. The van der Waals surface area contributed by atoms with Crippen molar-refractivity contribution < 1.29 is 0 Å². The normalized spacial score (nSPS) is 10.3. The number of nitrogens with one attached hydrogen (secondary N) is 1. The molecule has 0 atom stereocenters. The number of guanidine groups is 2. The van der Waals surface area contributed by atoms with Gasteiger partial charge in [-0.25, -0.2) is 4.99 Å². The van der Waals surface area contributed by atoms with E-state index in [1.54, 1.807) is 12.2 Å². The van der Waals surface area contributed by atoms with E-state index in [4.69, 9.17) is 11.5 Å². The van der Waals surface area contributed by atoms with Crippen LogP contribution in [0.4, 0.5) is 0 Å². The number of aliphatic imine (C=N–C) groups is 2. The van der Waals surface area contributed by atoms with Crippen molar-refractivity contribution >= 4 is 11.9 Å². The van der Waals surface area contributed by atoms with E-state index in [9.17, 15) is 0 Å². The van der Waals surface area contributed by atoms with Crippen LogP contribution in [0.1, 0.15) is 0 Å². The molecule has 0 aliphatic rings. The fourth-order valence-electron chi connectivity index (χ4n) is 0.568. The Bertz CT molecular complexity index is 225. The molecule has 0 saturated heterocycles. The van der Waals surface area contributed by atoms with Crippen molar-refractivity contribution in [2.45, 2.75) is 0 Å². The van der Waals surface area contributed by atoms with Gasteiger partial charge in [0.25, 0.3) is 0 Å². The van der Waals surface area contributed by atoms with Crippen LogP contribution in [0.3, 0.4) is 0 Å². The zero-order valence-corrected chi connectivity index (χ0v) is 7.53. The van der Waals surface area contributed by atoms with Crippen LogP contribution < -0.4 is 16.8 Å². The van der Waals surface area contributed by atoms with E-state index in [0.717, 1.165) is 0 Å². The van der Waals surface area contributed by atoms with Gasteiger partial charge in [-0.15, -0.1) is 13.2 Å². The molecule has 0 rings (SSSR count). The molecule has 5 nitrogen and oxygen atoms in total. The largest absolute Gasteiger partial charge is 0.370 e. The number of hydrogen-bond acceptors (Lipinski definition) is 1. The van der Waals surface area contributed by atoms with Crippen LogP contribution in [0.15, 0.2) is 35.3 Å². The van der Waals surface area contributed by atoms with E-state index in [-0.39, 0.29) is 5.96 Å². The fraction of sp³-hybridized carbons (Fsp3) is 0.250.